The van der Waals surface area contributed by atoms with E-state index < -0.39 is 5.60 Å². The molecule has 24 heavy (non-hydrogen) atoms. The van der Waals surface area contributed by atoms with Gasteiger partial charge in [0.05, 0.1) is 0 Å². The minimum atomic E-state index is -0.456. The van der Waals surface area contributed by atoms with Crippen molar-refractivity contribution in [2.45, 2.75) is 78.4 Å². The number of rotatable bonds is 9. The van der Waals surface area contributed by atoms with Crippen LogP contribution in [0.4, 0.5) is 4.79 Å². The van der Waals surface area contributed by atoms with Gasteiger partial charge in [-0.1, -0.05) is 26.2 Å². The molecule has 7 heteroatoms. The first-order valence-electron chi connectivity index (χ1n) is 8.72. The predicted molar refractivity (Wildman–Crippen MR) is 112 cm³/mol. The molecular formula is C17H37IN4O2. The largest absolute Gasteiger partial charge is 0.444 e. The third kappa shape index (κ3) is 16.1. The van der Waals surface area contributed by atoms with Crippen molar-refractivity contribution in [1.29, 1.82) is 0 Å². The van der Waals surface area contributed by atoms with Crippen molar-refractivity contribution in [3.8, 4) is 0 Å². The van der Waals surface area contributed by atoms with Gasteiger partial charge in [-0.25, -0.2) is 4.79 Å². The van der Waals surface area contributed by atoms with E-state index in [0.717, 1.165) is 25.3 Å². The predicted octanol–water partition coefficient (Wildman–Crippen LogP) is 3.65. The maximum atomic E-state index is 11.5. The van der Waals surface area contributed by atoms with Crippen LogP contribution in [-0.4, -0.2) is 43.8 Å². The second kappa shape index (κ2) is 14.6. The van der Waals surface area contributed by atoms with Gasteiger partial charge in [0, 0.05) is 26.2 Å². The molecule has 144 valence electrons. The molecule has 0 aliphatic carbocycles. The number of halogens is 1. The molecule has 0 rings (SSSR count). The van der Waals surface area contributed by atoms with Crippen molar-refractivity contribution in [2.75, 3.05) is 20.1 Å². The summed E-state index contributed by atoms with van der Waals surface area (Å²) in [4.78, 5) is 15.7. The average molecular weight is 456 g/mol. The molecule has 0 aliphatic heterocycles. The van der Waals surface area contributed by atoms with Crippen molar-refractivity contribution in [3.05, 3.63) is 0 Å². The van der Waals surface area contributed by atoms with Gasteiger partial charge in [-0.3, -0.25) is 4.99 Å². The topological polar surface area (TPSA) is 74.8 Å². The molecule has 0 heterocycles. The second-order valence-electron chi connectivity index (χ2n) is 6.82. The van der Waals surface area contributed by atoms with Crippen molar-refractivity contribution in [2.24, 2.45) is 4.99 Å². The SMILES string of the molecule is CCCCCC(C)NC(=NC)NCCCNC(=O)OC(C)(C)C.I. The normalized spacial score (nSPS) is 12.8. The Morgan fingerprint density at radius 1 is 1.12 bits per heavy atom. The highest BCUT2D eigenvalue weighted by Crippen LogP contribution is 2.06. The van der Waals surface area contributed by atoms with Crippen LogP contribution in [-0.2, 0) is 4.74 Å². The van der Waals surface area contributed by atoms with Crippen LogP contribution in [0.15, 0.2) is 4.99 Å². The molecule has 0 aliphatic rings. The number of ether oxygens (including phenoxy) is 1. The zero-order valence-corrected chi connectivity index (χ0v) is 18.5. The summed E-state index contributed by atoms with van der Waals surface area (Å²) >= 11 is 0. The van der Waals surface area contributed by atoms with Crippen molar-refractivity contribution >= 4 is 36.0 Å². The Balaban J connectivity index is 0. The van der Waals surface area contributed by atoms with Crippen LogP contribution in [0.25, 0.3) is 0 Å². The molecule has 1 unspecified atom stereocenters. The zero-order chi connectivity index (χ0) is 17.7. The second-order valence-corrected chi connectivity index (χ2v) is 6.82. The lowest BCUT2D eigenvalue weighted by molar-refractivity contribution is 0.0527. The summed E-state index contributed by atoms with van der Waals surface area (Å²) < 4.78 is 5.18. The van der Waals surface area contributed by atoms with Crippen LogP contribution < -0.4 is 16.0 Å². The minimum Gasteiger partial charge on any atom is -0.444 e. The van der Waals surface area contributed by atoms with Crippen molar-refractivity contribution in [1.82, 2.24) is 16.0 Å². The van der Waals surface area contributed by atoms with E-state index >= 15 is 0 Å². The molecular weight excluding hydrogens is 419 g/mol. The molecule has 1 atom stereocenters. The van der Waals surface area contributed by atoms with E-state index in [1.165, 1.54) is 19.3 Å². The van der Waals surface area contributed by atoms with Gasteiger partial charge in [-0.15, -0.1) is 24.0 Å². The lowest BCUT2D eigenvalue weighted by atomic mass is 10.1. The third-order valence-corrected chi connectivity index (χ3v) is 3.16. The highest BCUT2D eigenvalue weighted by Gasteiger charge is 2.15. The van der Waals surface area contributed by atoms with Gasteiger partial charge in [0.25, 0.3) is 0 Å². The van der Waals surface area contributed by atoms with E-state index in [9.17, 15) is 4.79 Å². The Labute approximate surface area is 165 Å². The van der Waals surface area contributed by atoms with Crippen molar-refractivity contribution in [3.63, 3.8) is 0 Å². The van der Waals surface area contributed by atoms with Gasteiger partial charge in [-0.05, 0) is 40.5 Å². The van der Waals surface area contributed by atoms with Crippen LogP contribution in [0.2, 0.25) is 0 Å². The van der Waals surface area contributed by atoms with Crippen LogP contribution in [0, 0.1) is 0 Å². The lowest BCUT2D eigenvalue weighted by Gasteiger charge is -2.20. The number of hydrogen-bond acceptors (Lipinski definition) is 3. The zero-order valence-electron chi connectivity index (χ0n) is 16.2. The van der Waals surface area contributed by atoms with Crippen LogP contribution >= 0.6 is 24.0 Å². The highest BCUT2D eigenvalue weighted by molar-refractivity contribution is 14.0. The molecule has 0 aromatic rings. The van der Waals surface area contributed by atoms with Gasteiger partial charge < -0.3 is 20.7 Å². The summed E-state index contributed by atoms with van der Waals surface area (Å²) in [5.74, 6) is 0.811. The summed E-state index contributed by atoms with van der Waals surface area (Å²) in [6.07, 6.45) is 5.34. The maximum absolute atomic E-state index is 11.5. The van der Waals surface area contributed by atoms with E-state index in [-0.39, 0.29) is 30.1 Å². The minimum absolute atomic E-state index is 0. The first-order chi connectivity index (χ1) is 10.8. The van der Waals surface area contributed by atoms with E-state index in [2.05, 4.69) is 34.8 Å². The first-order valence-corrected chi connectivity index (χ1v) is 8.72. The van der Waals surface area contributed by atoms with E-state index in [0.29, 0.717) is 12.6 Å². The van der Waals surface area contributed by atoms with Gasteiger partial charge in [-0.2, -0.15) is 0 Å². The fourth-order valence-electron chi connectivity index (χ4n) is 2.00. The molecule has 0 saturated carbocycles. The summed E-state index contributed by atoms with van der Waals surface area (Å²) in [6, 6.07) is 0.410. The number of nitrogens with zero attached hydrogens (tertiary/aromatic N) is 1. The number of carbonyl (C=O) groups is 1. The van der Waals surface area contributed by atoms with Crippen LogP contribution in [0.5, 0.6) is 0 Å². The number of amides is 1. The molecule has 0 aromatic carbocycles. The quantitative estimate of drug-likeness (QED) is 0.214. The molecule has 0 fully saturated rings. The first kappa shape index (κ1) is 25.5. The monoisotopic (exact) mass is 456 g/mol. The Morgan fingerprint density at radius 2 is 1.75 bits per heavy atom. The third-order valence-electron chi connectivity index (χ3n) is 3.16. The number of hydrogen-bond donors (Lipinski definition) is 3. The Morgan fingerprint density at radius 3 is 2.29 bits per heavy atom. The van der Waals surface area contributed by atoms with Crippen LogP contribution in [0.3, 0.4) is 0 Å². The highest BCUT2D eigenvalue weighted by atomic mass is 127. The number of carbonyl (C=O) groups excluding carboxylic acids is 1. The summed E-state index contributed by atoms with van der Waals surface area (Å²) in [7, 11) is 1.77. The van der Waals surface area contributed by atoms with Gasteiger partial charge in [0.1, 0.15) is 5.60 Å². The average Bonchev–Trinajstić information content (AvgIpc) is 2.44. The molecule has 0 aromatic heterocycles. The molecule has 0 bridgehead atoms. The van der Waals surface area contributed by atoms with Gasteiger partial charge in [0.15, 0.2) is 5.96 Å². The Kier molecular flexibility index (Phi) is 15.5. The summed E-state index contributed by atoms with van der Waals surface area (Å²) in [5, 5.41) is 9.39. The molecule has 1 amide bonds. The number of guanidine groups is 1. The number of unbranched alkanes of at least 4 members (excludes halogenated alkanes) is 2. The fourth-order valence-corrected chi connectivity index (χ4v) is 2.00. The lowest BCUT2D eigenvalue weighted by Crippen LogP contribution is -2.43. The molecule has 3 N–H and O–H groups in total. The smallest absolute Gasteiger partial charge is 0.407 e. The number of aliphatic imine (C=N–C) groups is 1. The van der Waals surface area contributed by atoms with Crippen LogP contribution in [0.1, 0.15) is 66.7 Å². The molecule has 6 nitrogen and oxygen atoms in total. The Bertz CT molecular complexity index is 357. The van der Waals surface area contributed by atoms with E-state index in [4.69, 9.17) is 4.74 Å². The fraction of sp³-hybridized carbons (Fsp3) is 0.882. The van der Waals surface area contributed by atoms with E-state index in [1.807, 2.05) is 20.8 Å². The molecule has 0 saturated heterocycles. The Hall–Kier alpha value is -0.730. The molecule has 0 radical (unpaired) electrons. The van der Waals surface area contributed by atoms with E-state index in [1.54, 1.807) is 7.05 Å². The van der Waals surface area contributed by atoms with Gasteiger partial charge >= 0.3 is 6.09 Å². The number of alkyl carbamates (subject to hydrolysis) is 1. The number of nitrogens with one attached hydrogen (secondary N) is 3. The molecule has 0 spiro atoms. The summed E-state index contributed by atoms with van der Waals surface area (Å²) in [5.41, 5.74) is -0.456. The van der Waals surface area contributed by atoms with Gasteiger partial charge in [0.2, 0.25) is 0 Å². The standard InChI is InChI=1S/C17H36N4O2.HI/c1-7-8-9-11-14(2)21-15(18-6)19-12-10-13-20-16(22)23-17(3,4)5;/h14H,7-13H2,1-6H3,(H,20,22)(H2,18,19,21);1H. The van der Waals surface area contributed by atoms with Crippen molar-refractivity contribution < 1.29 is 9.53 Å². The summed E-state index contributed by atoms with van der Waals surface area (Å²) in [6.45, 7) is 11.3. The maximum Gasteiger partial charge on any atom is 0.407 e.